The molecule has 0 aliphatic carbocycles. The van der Waals surface area contributed by atoms with Gasteiger partial charge in [-0.1, -0.05) is 30.9 Å². The molecule has 1 aromatic rings. The number of carbonyl (C=O) groups excluding carboxylic acids is 1. The number of anilines is 1. The summed E-state index contributed by atoms with van der Waals surface area (Å²) in [6.07, 6.45) is 3.95. The Kier molecular flexibility index (Phi) is 3.51. The summed E-state index contributed by atoms with van der Waals surface area (Å²) >= 11 is 0. The standard InChI is InChI=1S/C11H11NO/c1-2-6-11(9-13)12-10-7-4-3-5-8-10/h2-9,12H,1H2. The second-order valence-corrected chi connectivity index (χ2v) is 2.47. The molecule has 1 rings (SSSR count). The predicted molar refractivity (Wildman–Crippen MR) is 54.4 cm³/mol. The molecule has 1 N–H and O–H groups in total. The Hall–Kier alpha value is -1.83. The van der Waals surface area contributed by atoms with Gasteiger partial charge in [0.15, 0.2) is 6.29 Å². The second kappa shape index (κ2) is 4.93. The first kappa shape index (κ1) is 9.26. The van der Waals surface area contributed by atoms with Gasteiger partial charge < -0.3 is 5.32 Å². The number of hydrogen-bond donors (Lipinski definition) is 1. The summed E-state index contributed by atoms with van der Waals surface area (Å²) in [5.41, 5.74) is 1.39. The van der Waals surface area contributed by atoms with E-state index in [0.29, 0.717) is 5.70 Å². The van der Waals surface area contributed by atoms with Crippen LogP contribution < -0.4 is 5.32 Å². The molecule has 66 valence electrons. The van der Waals surface area contributed by atoms with Crippen molar-refractivity contribution in [2.45, 2.75) is 0 Å². The van der Waals surface area contributed by atoms with Gasteiger partial charge >= 0.3 is 0 Å². The van der Waals surface area contributed by atoms with Crippen molar-refractivity contribution in [1.82, 2.24) is 0 Å². The largest absolute Gasteiger partial charge is 0.353 e. The lowest BCUT2D eigenvalue weighted by molar-refractivity contribution is -0.104. The molecular weight excluding hydrogens is 162 g/mol. The number of carbonyl (C=O) groups is 1. The van der Waals surface area contributed by atoms with Crippen LogP contribution in [0, 0.1) is 0 Å². The average Bonchev–Trinajstić information content (AvgIpc) is 2.19. The van der Waals surface area contributed by atoms with E-state index in [1.807, 2.05) is 30.3 Å². The van der Waals surface area contributed by atoms with E-state index in [9.17, 15) is 4.79 Å². The molecule has 0 fully saturated rings. The number of hydrogen-bond acceptors (Lipinski definition) is 2. The molecule has 13 heavy (non-hydrogen) atoms. The molecule has 0 unspecified atom stereocenters. The topological polar surface area (TPSA) is 29.1 Å². The third-order valence-electron chi connectivity index (χ3n) is 1.49. The molecule has 0 amide bonds. The van der Waals surface area contributed by atoms with Crippen molar-refractivity contribution in [3.05, 3.63) is 54.8 Å². The Morgan fingerprint density at radius 2 is 2.00 bits per heavy atom. The number of aldehydes is 1. The van der Waals surface area contributed by atoms with Crippen LogP contribution in [0.1, 0.15) is 0 Å². The van der Waals surface area contributed by atoms with Crippen molar-refractivity contribution >= 4 is 12.0 Å². The zero-order chi connectivity index (χ0) is 9.52. The highest BCUT2D eigenvalue weighted by atomic mass is 16.1. The Morgan fingerprint density at radius 1 is 1.31 bits per heavy atom. The average molecular weight is 173 g/mol. The van der Waals surface area contributed by atoms with Gasteiger partial charge in [0, 0.05) is 5.69 Å². The second-order valence-electron chi connectivity index (χ2n) is 2.47. The van der Waals surface area contributed by atoms with Gasteiger partial charge in [-0.25, -0.2) is 0 Å². The summed E-state index contributed by atoms with van der Waals surface area (Å²) in [5.74, 6) is 0. The molecule has 0 heterocycles. The SMILES string of the molecule is C=CC=C(C=O)Nc1ccccc1. The smallest absolute Gasteiger partial charge is 0.166 e. The summed E-state index contributed by atoms with van der Waals surface area (Å²) in [5, 5.41) is 2.95. The number of para-hydroxylation sites is 1. The normalized spacial score (nSPS) is 10.6. The molecule has 0 saturated carbocycles. The minimum atomic E-state index is 0.501. The summed E-state index contributed by atoms with van der Waals surface area (Å²) in [7, 11) is 0. The summed E-state index contributed by atoms with van der Waals surface area (Å²) in [4.78, 5) is 10.5. The molecule has 0 atom stereocenters. The highest BCUT2D eigenvalue weighted by Gasteiger charge is 1.92. The van der Waals surface area contributed by atoms with Gasteiger partial charge in [-0.05, 0) is 18.2 Å². The Morgan fingerprint density at radius 3 is 2.54 bits per heavy atom. The fraction of sp³-hybridized carbons (Fsp3) is 0. The lowest BCUT2D eigenvalue weighted by Gasteiger charge is -2.03. The van der Waals surface area contributed by atoms with Crippen molar-refractivity contribution in [3.63, 3.8) is 0 Å². The number of rotatable bonds is 4. The lowest BCUT2D eigenvalue weighted by Crippen LogP contribution is -1.99. The van der Waals surface area contributed by atoms with E-state index in [0.717, 1.165) is 12.0 Å². The molecular formula is C11H11NO. The molecule has 0 spiro atoms. The molecule has 2 heteroatoms. The first-order valence-corrected chi connectivity index (χ1v) is 3.97. The Labute approximate surface area is 77.6 Å². The third kappa shape index (κ3) is 2.95. The number of nitrogens with one attached hydrogen (secondary N) is 1. The van der Waals surface area contributed by atoms with E-state index in [2.05, 4.69) is 11.9 Å². The predicted octanol–water partition coefficient (Wildman–Crippen LogP) is 2.37. The third-order valence-corrected chi connectivity index (χ3v) is 1.49. The minimum absolute atomic E-state index is 0.501. The number of allylic oxidation sites excluding steroid dienone is 3. The van der Waals surface area contributed by atoms with Crippen molar-refractivity contribution in [1.29, 1.82) is 0 Å². The van der Waals surface area contributed by atoms with Crippen LogP contribution in [-0.2, 0) is 4.79 Å². The fourth-order valence-corrected chi connectivity index (χ4v) is 0.926. The van der Waals surface area contributed by atoms with Crippen molar-refractivity contribution in [2.24, 2.45) is 0 Å². The van der Waals surface area contributed by atoms with Crippen LogP contribution in [0.5, 0.6) is 0 Å². The van der Waals surface area contributed by atoms with E-state index in [1.165, 1.54) is 0 Å². The minimum Gasteiger partial charge on any atom is -0.353 e. The lowest BCUT2D eigenvalue weighted by atomic mass is 10.3. The van der Waals surface area contributed by atoms with Gasteiger partial charge in [0.25, 0.3) is 0 Å². The fourth-order valence-electron chi connectivity index (χ4n) is 0.926. The van der Waals surface area contributed by atoms with E-state index in [-0.39, 0.29) is 0 Å². The van der Waals surface area contributed by atoms with E-state index >= 15 is 0 Å². The molecule has 0 aliphatic heterocycles. The maximum absolute atomic E-state index is 10.5. The van der Waals surface area contributed by atoms with Crippen molar-refractivity contribution < 1.29 is 4.79 Å². The molecule has 0 saturated heterocycles. The first-order valence-electron chi connectivity index (χ1n) is 3.97. The highest BCUT2D eigenvalue weighted by molar-refractivity contribution is 5.79. The van der Waals surface area contributed by atoms with Crippen LogP contribution >= 0.6 is 0 Å². The molecule has 0 radical (unpaired) electrons. The van der Waals surface area contributed by atoms with Gasteiger partial charge in [-0.15, -0.1) is 0 Å². The first-order chi connectivity index (χ1) is 6.36. The van der Waals surface area contributed by atoms with Crippen LogP contribution in [-0.4, -0.2) is 6.29 Å². The van der Waals surface area contributed by atoms with E-state index in [1.54, 1.807) is 12.2 Å². The molecule has 2 nitrogen and oxygen atoms in total. The van der Waals surface area contributed by atoms with Crippen molar-refractivity contribution in [3.8, 4) is 0 Å². The van der Waals surface area contributed by atoms with Gasteiger partial charge in [-0.2, -0.15) is 0 Å². The Bertz CT molecular complexity index is 314. The monoisotopic (exact) mass is 173 g/mol. The molecule has 0 aliphatic rings. The summed E-state index contributed by atoms with van der Waals surface area (Å²) < 4.78 is 0. The van der Waals surface area contributed by atoms with E-state index < -0.39 is 0 Å². The maximum Gasteiger partial charge on any atom is 0.166 e. The number of benzene rings is 1. The summed E-state index contributed by atoms with van der Waals surface area (Å²) in [6.45, 7) is 3.51. The van der Waals surface area contributed by atoms with Crippen LogP contribution in [0.4, 0.5) is 5.69 Å². The molecule has 1 aromatic carbocycles. The van der Waals surface area contributed by atoms with Crippen molar-refractivity contribution in [2.75, 3.05) is 5.32 Å². The highest BCUT2D eigenvalue weighted by Crippen LogP contribution is 2.07. The Balaban J connectivity index is 2.73. The molecule has 0 bridgehead atoms. The van der Waals surface area contributed by atoms with Gasteiger partial charge in [-0.3, -0.25) is 4.79 Å². The summed E-state index contributed by atoms with van der Waals surface area (Å²) in [6, 6.07) is 9.50. The van der Waals surface area contributed by atoms with Crippen LogP contribution in [0.2, 0.25) is 0 Å². The van der Waals surface area contributed by atoms with Gasteiger partial charge in [0.1, 0.15) is 0 Å². The van der Waals surface area contributed by atoms with Crippen LogP contribution in [0.15, 0.2) is 54.8 Å². The van der Waals surface area contributed by atoms with Crippen LogP contribution in [0.25, 0.3) is 0 Å². The zero-order valence-corrected chi connectivity index (χ0v) is 7.23. The van der Waals surface area contributed by atoms with Crippen LogP contribution in [0.3, 0.4) is 0 Å². The van der Waals surface area contributed by atoms with E-state index in [4.69, 9.17) is 0 Å². The molecule has 0 aromatic heterocycles. The maximum atomic E-state index is 10.5. The quantitative estimate of drug-likeness (QED) is 0.430. The van der Waals surface area contributed by atoms with Gasteiger partial charge in [0.2, 0.25) is 0 Å². The zero-order valence-electron chi connectivity index (χ0n) is 7.23. The van der Waals surface area contributed by atoms with Gasteiger partial charge in [0.05, 0.1) is 5.70 Å².